The van der Waals surface area contributed by atoms with E-state index in [9.17, 15) is 4.79 Å². The molecule has 0 atom stereocenters. The minimum absolute atomic E-state index is 0.0652. The van der Waals surface area contributed by atoms with Crippen molar-refractivity contribution in [3.8, 4) is 11.5 Å². The van der Waals surface area contributed by atoms with Crippen LogP contribution in [0.5, 0.6) is 11.5 Å². The van der Waals surface area contributed by atoms with E-state index in [1.165, 1.54) is 5.56 Å². The van der Waals surface area contributed by atoms with Crippen molar-refractivity contribution in [2.45, 2.75) is 19.9 Å². The number of nitrogens with one attached hydrogen (secondary N) is 3. The second-order valence-corrected chi connectivity index (χ2v) is 6.32. The Labute approximate surface area is 165 Å². The van der Waals surface area contributed by atoms with E-state index < -0.39 is 0 Å². The predicted octanol–water partition coefficient (Wildman–Crippen LogP) is 1.83. The number of guanidine groups is 1. The van der Waals surface area contributed by atoms with Gasteiger partial charge in [-0.3, -0.25) is 4.79 Å². The van der Waals surface area contributed by atoms with Gasteiger partial charge in [0.05, 0.1) is 13.1 Å². The second-order valence-electron chi connectivity index (χ2n) is 6.32. The molecule has 7 nitrogen and oxygen atoms in total. The van der Waals surface area contributed by atoms with Crippen molar-refractivity contribution in [2.24, 2.45) is 4.99 Å². The highest BCUT2D eigenvalue weighted by Gasteiger charge is 2.13. The standard InChI is InChI=1S/C21H26N4O3/c1-2-22-21(24-13-17-8-9-18-19(12-17)28-15-27-18)25-14-20(26)23-11-10-16-6-4-3-5-7-16/h3-9,12H,2,10-11,13-15H2,1H3,(H,23,26)(H2,22,24,25). The zero-order chi connectivity index (χ0) is 19.6. The maximum atomic E-state index is 12.1. The zero-order valence-corrected chi connectivity index (χ0v) is 16.0. The summed E-state index contributed by atoms with van der Waals surface area (Å²) in [5, 5.41) is 9.12. The molecule has 0 aliphatic carbocycles. The maximum absolute atomic E-state index is 12.1. The molecular formula is C21H26N4O3. The predicted molar refractivity (Wildman–Crippen MR) is 109 cm³/mol. The Morgan fingerprint density at radius 3 is 2.64 bits per heavy atom. The van der Waals surface area contributed by atoms with E-state index in [0.29, 0.717) is 25.6 Å². The number of carbonyl (C=O) groups excluding carboxylic acids is 1. The maximum Gasteiger partial charge on any atom is 0.239 e. The molecule has 1 amide bonds. The van der Waals surface area contributed by atoms with Gasteiger partial charge < -0.3 is 25.4 Å². The number of ether oxygens (including phenoxy) is 2. The molecule has 7 heteroatoms. The molecule has 3 rings (SSSR count). The molecule has 28 heavy (non-hydrogen) atoms. The Balaban J connectivity index is 1.44. The van der Waals surface area contributed by atoms with Crippen LogP contribution in [0.4, 0.5) is 0 Å². The molecule has 0 radical (unpaired) electrons. The van der Waals surface area contributed by atoms with Crippen LogP contribution in [-0.4, -0.2) is 38.3 Å². The number of carbonyl (C=O) groups is 1. The minimum Gasteiger partial charge on any atom is -0.454 e. The average Bonchev–Trinajstić information content (AvgIpc) is 3.19. The lowest BCUT2D eigenvalue weighted by Crippen LogP contribution is -2.43. The summed E-state index contributed by atoms with van der Waals surface area (Å²) in [5.74, 6) is 2.02. The van der Waals surface area contributed by atoms with Crippen molar-refractivity contribution in [1.82, 2.24) is 16.0 Å². The van der Waals surface area contributed by atoms with Gasteiger partial charge >= 0.3 is 0 Å². The van der Waals surface area contributed by atoms with Crippen molar-refractivity contribution in [2.75, 3.05) is 26.4 Å². The highest BCUT2D eigenvalue weighted by atomic mass is 16.7. The molecule has 2 aromatic rings. The van der Waals surface area contributed by atoms with Gasteiger partial charge in [0, 0.05) is 13.1 Å². The summed E-state index contributed by atoms with van der Waals surface area (Å²) in [6, 6.07) is 15.8. The van der Waals surface area contributed by atoms with E-state index in [1.807, 2.05) is 43.3 Å². The smallest absolute Gasteiger partial charge is 0.239 e. The molecule has 2 aromatic carbocycles. The van der Waals surface area contributed by atoms with Crippen LogP contribution in [0.3, 0.4) is 0 Å². The molecule has 148 valence electrons. The summed E-state index contributed by atoms with van der Waals surface area (Å²) in [6.07, 6.45) is 0.810. The number of nitrogens with zero attached hydrogens (tertiary/aromatic N) is 1. The summed E-state index contributed by atoms with van der Waals surface area (Å²) in [5.41, 5.74) is 2.21. The fourth-order valence-electron chi connectivity index (χ4n) is 2.77. The molecule has 0 bridgehead atoms. The number of benzene rings is 2. The Bertz CT molecular complexity index is 809. The van der Waals surface area contributed by atoms with Crippen LogP contribution in [0.2, 0.25) is 0 Å². The van der Waals surface area contributed by atoms with Crippen LogP contribution in [0, 0.1) is 0 Å². The average molecular weight is 382 g/mol. The third kappa shape index (κ3) is 5.90. The van der Waals surface area contributed by atoms with Gasteiger partial charge in [0.15, 0.2) is 17.5 Å². The van der Waals surface area contributed by atoms with Crippen LogP contribution in [-0.2, 0) is 17.8 Å². The summed E-state index contributed by atoms with van der Waals surface area (Å²) < 4.78 is 10.7. The molecule has 0 saturated carbocycles. The van der Waals surface area contributed by atoms with E-state index in [4.69, 9.17) is 9.47 Å². The van der Waals surface area contributed by atoms with Crippen molar-refractivity contribution < 1.29 is 14.3 Å². The number of amides is 1. The van der Waals surface area contributed by atoms with Gasteiger partial charge in [-0.1, -0.05) is 36.4 Å². The normalized spacial score (nSPS) is 12.5. The van der Waals surface area contributed by atoms with Crippen molar-refractivity contribution in [1.29, 1.82) is 0 Å². The third-order valence-corrected chi connectivity index (χ3v) is 4.20. The zero-order valence-electron chi connectivity index (χ0n) is 16.0. The summed E-state index contributed by atoms with van der Waals surface area (Å²) in [7, 11) is 0. The summed E-state index contributed by atoms with van der Waals surface area (Å²) in [4.78, 5) is 16.6. The molecule has 0 fully saturated rings. The molecule has 0 aromatic heterocycles. The summed E-state index contributed by atoms with van der Waals surface area (Å²) in [6.45, 7) is 4.20. The number of aliphatic imine (C=N–C) groups is 1. The van der Waals surface area contributed by atoms with Crippen LogP contribution in [0.25, 0.3) is 0 Å². The number of hydrogen-bond acceptors (Lipinski definition) is 4. The van der Waals surface area contributed by atoms with Crippen LogP contribution in [0.15, 0.2) is 53.5 Å². The molecule has 1 aliphatic heterocycles. The number of rotatable bonds is 8. The van der Waals surface area contributed by atoms with Gasteiger partial charge in [0.2, 0.25) is 12.7 Å². The Hall–Kier alpha value is -3.22. The van der Waals surface area contributed by atoms with Crippen LogP contribution >= 0.6 is 0 Å². The first-order valence-corrected chi connectivity index (χ1v) is 9.46. The molecule has 1 aliphatic rings. The third-order valence-electron chi connectivity index (χ3n) is 4.20. The van der Waals surface area contributed by atoms with E-state index >= 15 is 0 Å². The van der Waals surface area contributed by atoms with E-state index in [0.717, 1.165) is 23.5 Å². The van der Waals surface area contributed by atoms with Crippen molar-refractivity contribution in [3.05, 3.63) is 59.7 Å². The van der Waals surface area contributed by atoms with Gasteiger partial charge in [-0.15, -0.1) is 0 Å². The summed E-state index contributed by atoms with van der Waals surface area (Å²) >= 11 is 0. The minimum atomic E-state index is -0.0652. The molecule has 0 unspecified atom stereocenters. The van der Waals surface area contributed by atoms with Crippen LogP contribution < -0.4 is 25.4 Å². The van der Waals surface area contributed by atoms with Crippen LogP contribution in [0.1, 0.15) is 18.1 Å². The monoisotopic (exact) mass is 382 g/mol. The second kappa shape index (κ2) is 10.2. The Kier molecular flexibility index (Phi) is 7.12. The number of fused-ring (bicyclic) bond motifs is 1. The Morgan fingerprint density at radius 1 is 1.00 bits per heavy atom. The highest BCUT2D eigenvalue weighted by molar-refractivity contribution is 5.86. The lowest BCUT2D eigenvalue weighted by molar-refractivity contribution is -0.119. The fourth-order valence-corrected chi connectivity index (χ4v) is 2.77. The number of hydrogen-bond donors (Lipinski definition) is 3. The molecule has 0 saturated heterocycles. The fraction of sp³-hybridized carbons (Fsp3) is 0.333. The highest BCUT2D eigenvalue weighted by Crippen LogP contribution is 2.32. The van der Waals surface area contributed by atoms with Gasteiger partial charge in [0.1, 0.15) is 0 Å². The first kappa shape index (κ1) is 19.5. The lowest BCUT2D eigenvalue weighted by Gasteiger charge is -2.11. The van der Waals surface area contributed by atoms with Crippen molar-refractivity contribution >= 4 is 11.9 Å². The van der Waals surface area contributed by atoms with E-state index in [-0.39, 0.29) is 19.2 Å². The first-order chi connectivity index (χ1) is 13.7. The molecule has 3 N–H and O–H groups in total. The lowest BCUT2D eigenvalue weighted by atomic mass is 10.1. The molecule has 0 spiro atoms. The van der Waals surface area contributed by atoms with E-state index in [1.54, 1.807) is 0 Å². The largest absolute Gasteiger partial charge is 0.454 e. The Morgan fingerprint density at radius 2 is 1.82 bits per heavy atom. The van der Waals surface area contributed by atoms with Gasteiger partial charge in [-0.2, -0.15) is 0 Å². The van der Waals surface area contributed by atoms with Gasteiger partial charge in [-0.05, 0) is 36.6 Å². The first-order valence-electron chi connectivity index (χ1n) is 9.46. The quantitative estimate of drug-likeness (QED) is 0.479. The topological polar surface area (TPSA) is 84.0 Å². The van der Waals surface area contributed by atoms with Gasteiger partial charge in [0.25, 0.3) is 0 Å². The molecule has 1 heterocycles. The van der Waals surface area contributed by atoms with E-state index in [2.05, 4.69) is 33.1 Å². The van der Waals surface area contributed by atoms with Gasteiger partial charge in [-0.25, -0.2) is 4.99 Å². The molecular weight excluding hydrogens is 356 g/mol. The van der Waals surface area contributed by atoms with Crippen molar-refractivity contribution in [3.63, 3.8) is 0 Å². The SMILES string of the molecule is CCNC(=NCc1ccc2c(c1)OCO2)NCC(=O)NCCc1ccccc1.